The van der Waals surface area contributed by atoms with Gasteiger partial charge >= 0.3 is 6.18 Å². The molecule has 3 nitrogen and oxygen atoms in total. The van der Waals surface area contributed by atoms with Crippen LogP contribution in [0, 0.1) is 5.82 Å². The highest BCUT2D eigenvalue weighted by molar-refractivity contribution is 5.60. The number of anilines is 1. The molecule has 0 aliphatic carbocycles. The molecule has 0 aliphatic heterocycles. The van der Waals surface area contributed by atoms with Crippen LogP contribution in [0.4, 0.5) is 23.5 Å². The van der Waals surface area contributed by atoms with Crippen LogP contribution in [0.5, 0.6) is 0 Å². The molecule has 0 bridgehead atoms. The average Bonchev–Trinajstić information content (AvgIpc) is 2.27. The lowest BCUT2D eigenvalue weighted by molar-refractivity contribution is -0.141. The van der Waals surface area contributed by atoms with Gasteiger partial charge in [0.05, 0.1) is 5.69 Å². The van der Waals surface area contributed by atoms with Crippen molar-refractivity contribution in [2.45, 2.75) is 6.18 Å². The zero-order valence-electron chi connectivity index (χ0n) is 8.87. The summed E-state index contributed by atoms with van der Waals surface area (Å²) in [4.78, 5) is 6.76. The van der Waals surface area contributed by atoms with Crippen molar-refractivity contribution in [1.29, 1.82) is 0 Å². The number of rotatable bonds is 1. The number of alkyl halides is 3. The molecule has 0 fully saturated rings. The minimum atomic E-state index is -4.63. The number of halogens is 4. The van der Waals surface area contributed by atoms with Crippen LogP contribution in [0.3, 0.4) is 0 Å². The average molecular weight is 257 g/mol. The normalized spacial score (nSPS) is 11.6. The van der Waals surface area contributed by atoms with Crippen molar-refractivity contribution in [3.05, 3.63) is 41.8 Å². The fourth-order valence-electron chi connectivity index (χ4n) is 1.41. The quantitative estimate of drug-likeness (QED) is 0.799. The molecule has 0 radical (unpaired) electrons. The molecule has 1 aromatic heterocycles. The molecular formula is C11H7F4N3. The van der Waals surface area contributed by atoms with Gasteiger partial charge < -0.3 is 5.73 Å². The van der Waals surface area contributed by atoms with Crippen molar-refractivity contribution >= 4 is 5.95 Å². The highest BCUT2D eigenvalue weighted by Crippen LogP contribution is 2.30. The smallest absolute Gasteiger partial charge is 0.368 e. The number of hydrogen-bond acceptors (Lipinski definition) is 3. The molecule has 0 amide bonds. The molecule has 0 unspecified atom stereocenters. The Morgan fingerprint density at radius 1 is 1.06 bits per heavy atom. The summed E-state index contributed by atoms with van der Waals surface area (Å²) in [6.07, 6.45) is -4.63. The molecule has 1 heterocycles. The topological polar surface area (TPSA) is 51.8 Å². The lowest BCUT2D eigenvalue weighted by atomic mass is 10.1. The number of nitrogens with zero attached hydrogens (tertiary/aromatic N) is 2. The van der Waals surface area contributed by atoms with Gasteiger partial charge in [-0.25, -0.2) is 14.4 Å². The van der Waals surface area contributed by atoms with Gasteiger partial charge in [0, 0.05) is 5.56 Å². The van der Waals surface area contributed by atoms with E-state index >= 15 is 0 Å². The van der Waals surface area contributed by atoms with Crippen LogP contribution in [-0.2, 0) is 6.18 Å². The first kappa shape index (κ1) is 12.3. The summed E-state index contributed by atoms with van der Waals surface area (Å²) >= 11 is 0. The number of hydrogen-bond donors (Lipinski definition) is 1. The van der Waals surface area contributed by atoms with Gasteiger partial charge in [0.1, 0.15) is 5.82 Å². The number of benzene rings is 1. The molecule has 7 heteroatoms. The van der Waals surface area contributed by atoms with Crippen LogP contribution in [-0.4, -0.2) is 9.97 Å². The van der Waals surface area contributed by atoms with Gasteiger partial charge in [-0.3, -0.25) is 0 Å². The third-order valence-corrected chi connectivity index (χ3v) is 2.15. The maximum Gasteiger partial charge on any atom is 0.433 e. The first-order chi connectivity index (χ1) is 8.36. The molecule has 2 rings (SSSR count). The lowest BCUT2D eigenvalue weighted by Crippen LogP contribution is -2.11. The fourth-order valence-corrected chi connectivity index (χ4v) is 1.41. The largest absolute Gasteiger partial charge is 0.433 e. The third-order valence-electron chi connectivity index (χ3n) is 2.15. The molecule has 0 atom stereocenters. The van der Waals surface area contributed by atoms with Crippen molar-refractivity contribution < 1.29 is 17.6 Å². The van der Waals surface area contributed by atoms with Crippen molar-refractivity contribution in [1.82, 2.24) is 9.97 Å². The molecule has 0 aliphatic rings. The van der Waals surface area contributed by atoms with E-state index in [1.807, 2.05) is 0 Å². The van der Waals surface area contributed by atoms with E-state index in [2.05, 4.69) is 9.97 Å². The second-order valence-electron chi connectivity index (χ2n) is 3.50. The van der Waals surface area contributed by atoms with Crippen LogP contribution in [0.1, 0.15) is 5.69 Å². The predicted octanol–water partition coefficient (Wildman–Crippen LogP) is 2.88. The minimum Gasteiger partial charge on any atom is -0.368 e. The Balaban J connectivity index is 2.55. The zero-order chi connectivity index (χ0) is 13.3. The van der Waals surface area contributed by atoms with Gasteiger partial charge in [-0.05, 0) is 18.2 Å². The standard InChI is InChI=1S/C11H7F4N3/c12-7-3-1-2-6(4-7)8-5-9(11(13,14)15)18-10(16)17-8/h1-5H,(H2,16,17,18). The molecular weight excluding hydrogens is 250 g/mol. The molecule has 0 saturated heterocycles. The molecule has 18 heavy (non-hydrogen) atoms. The summed E-state index contributed by atoms with van der Waals surface area (Å²) in [7, 11) is 0. The highest BCUT2D eigenvalue weighted by atomic mass is 19.4. The first-order valence-electron chi connectivity index (χ1n) is 4.84. The summed E-state index contributed by atoms with van der Waals surface area (Å²) in [5, 5.41) is 0. The van der Waals surface area contributed by atoms with E-state index in [9.17, 15) is 17.6 Å². The maximum absolute atomic E-state index is 13.0. The van der Waals surface area contributed by atoms with Gasteiger partial charge in [-0.1, -0.05) is 12.1 Å². The van der Waals surface area contributed by atoms with Crippen molar-refractivity contribution in [2.24, 2.45) is 0 Å². The number of nitrogen functional groups attached to an aromatic ring is 1. The minimum absolute atomic E-state index is 0.0747. The van der Waals surface area contributed by atoms with Crippen LogP contribution in [0.25, 0.3) is 11.3 Å². The summed E-state index contributed by atoms with van der Waals surface area (Å²) in [6.45, 7) is 0. The van der Waals surface area contributed by atoms with Crippen molar-refractivity contribution in [2.75, 3.05) is 5.73 Å². The first-order valence-corrected chi connectivity index (χ1v) is 4.84. The Morgan fingerprint density at radius 2 is 1.78 bits per heavy atom. The van der Waals surface area contributed by atoms with Crippen LogP contribution in [0.15, 0.2) is 30.3 Å². The van der Waals surface area contributed by atoms with Crippen LogP contribution >= 0.6 is 0 Å². The van der Waals surface area contributed by atoms with Gasteiger partial charge in [0.15, 0.2) is 5.69 Å². The zero-order valence-corrected chi connectivity index (χ0v) is 8.87. The molecule has 2 aromatic rings. The summed E-state index contributed by atoms with van der Waals surface area (Å²) in [6, 6.07) is 5.78. The second kappa shape index (κ2) is 4.25. The molecule has 0 spiro atoms. The van der Waals surface area contributed by atoms with E-state index in [1.165, 1.54) is 18.2 Å². The Hall–Kier alpha value is -2.18. The summed E-state index contributed by atoms with van der Waals surface area (Å²) in [5.74, 6) is -1.08. The Kier molecular flexibility index (Phi) is 2.90. The van der Waals surface area contributed by atoms with Gasteiger partial charge in [0.25, 0.3) is 0 Å². The fraction of sp³-hybridized carbons (Fsp3) is 0.0909. The molecule has 94 valence electrons. The molecule has 2 N–H and O–H groups in total. The number of aromatic nitrogens is 2. The van der Waals surface area contributed by atoms with Crippen LogP contribution in [0.2, 0.25) is 0 Å². The van der Waals surface area contributed by atoms with E-state index < -0.39 is 23.6 Å². The summed E-state index contributed by atoms with van der Waals surface area (Å²) in [5.41, 5.74) is 4.19. The van der Waals surface area contributed by atoms with Crippen molar-refractivity contribution in [3.8, 4) is 11.3 Å². The van der Waals surface area contributed by atoms with E-state index in [0.717, 1.165) is 12.1 Å². The number of nitrogens with two attached hydrogens (primary N) is 1. The highest BCUT2D eigenvalue weighted by Gasteiger charge is 2.33. The monoisotopic (exact) mass is 257 g/mol. The van der Waals surface area contributed by atoms with Crippen LogP contribution < -0.4 is 5.73 Å². The Bertz CT molecular complexity index is 581. The van der Waals surface area contributed by atoms with E-state index in [-0.39, 0.29) is 11.3 Å². The Morgan fingerprint density at radius 3 is 2.39 bits per heavy atom. The van der Waals surface area contributed by atoms with Gasteiger partial charge in [0.2, 0.25) is 5.95 Å². The Labute approximate surface area is 99.3 Å². The predicted molar refractivity (Wildman–Crippen MR) is 56.8 cm³/mol. The van der Waals surface area contributed by atoms with Crippen molar-refractivity contribution in [3.63, 3.8) is 0 Å². The summed E-state index contributed by atoms with van der Waals surface area (Å²) < 4.78 is 50.6. The van der Waals surface area contributed by atoms with Gasteiger partial charge in [-0.15, -0.1) is 0 Å². The second-order valence-corrected chi connectivity index (χ2v) is 3.50. The molecule has 0 saturated carbocycles. The lowest BCUT2D eigenvalue weighted by Gasteiger charge is -2.08. The van der Waals surface area contributed by atoms with E-state index in [1.54, 1.807) is 0 Å². The van der Waals surface area contributed by atoms with E-state index in [0.29, 0.717) is 0 Å². The SMILES string of the molecule is Nc1nc(-c2cccc(F)c2)cc(C(F)(F)F)n1. The van der Waals surface area contributed by atoms with Gasteiger partial charge in [-0.2, -0.15) is 13.2 Å². The maximum atomic E-state index is 13.0. The van der Waals surface area contributed by atoms with E-state index in [4.69, 9.17) is 5.73 Å². The molecule has 1 aromatic carbocycles. The third kappa shape index (κ3) is 2.55.